The molecule has 0 radical (unpaired) electrons. The smallest absolute Gasteiger partial charge is 0.317 e. The van der Waals surface area contributed by atoms with Crippen LogP contribution >= 0.6 is 0 Å². The van der Waals surface area contributed by atoms with Crippen molar-refractivity contribution in [1.82, 2.24) is 16.0 Å². The monoisotopic (exact) mass is 501 g/mol. The quantitative estimate of drug-likeness (QED) is 0.0707. The van der Waals surface area contributed by atoms with Gasteiger partial charge in [-0.25, -0.2) is 0 Å². The van der Waals surface area contributed by atoms with Crippen LogP contribution in [0.5, 0.6) is 0 Å². The molecular weight excluding hydrogens is 458 g/mol. The van der Waals surface area contributed by atoms with E-state index < -0.39 is 17.9 Å². The summed E-state index contributed by atoms with van der Waals surface area (Å²) in [5, 5.41) is 28.0. The molecule has 0 fully saturated rings. The molecule has 0 saturated heterocycles. The zero-order valence-corrected chi connectivity index (χ0v) is 21.5. The zero-order valence-electron chi connectivity index (χ0n) is 21.5. The van der Waals surface area contributed by atoms with Crippen LogP contribution in [0, 0.1) is 5.92 Å². The molecule has 1 rings (SSSR count). The summed E-state index contributed by atoms with van der Waals surface area (Å²) >= 11 is 0. The molecule has 0 aliphatic heterocycles. The second-order valence-electron chi connectivity index (χ2n) is 8.88. The van der Waals surface area contributed by atoms with Gasteiger partial charge in [0.1, 0.15) is 6.29 Å². The lowest BCUT2D eigenvalue weighted by Crippen LogP contribution is -2.31. The van der Waals surface area contributed by atoms with E-state index in [0.717, 1.165) is 62.7 Å². The van der Waals surface area contributed by atoms with Crippen molar-refractivity contribution in [2.75, 3.05) is 26.7 Å². The van der Waals surface area contributed by atoms with E-state index in [0.29, 0.717) is 19.3 Å². The van der Waals surface area contributed by atoms with Gasteiger partial charge < -0.3 is 31.0 Å². The highest BCUT2D eigenvalue weighted by Gasteiger charge is 2.24. The third-order valence-corrected chi connectivity index (χ3v) is 6.03. The van der Waals surface area contributed by atoms with E-state index in [1.165, 1.54) is 0 Å². The molecule has 0 aliphatic rings. The maximum atomic E-state index is 11.3. The number of hydrogen-bond acceptors (Lipinski definition) is 6. The Kier molecular flexibility index (Phi) is 16.8. The number of benzene rings is 1. The molecule has 36 heavy (non-hydrogen) atoms. The molecule has 0 heterocycles. The highest BCUT2D eigenvalue weighted by molar-refractivity contribution is 5.92. The zero-order chi connectivity index (χ0) is 26.6. The number of rotatable bonds is 22. The van der Waals surface area contributed by atoms with Gasteiger partial charge in [0.2, 0.25) is 0 Å². The van der Waals surface area contributed by atoms with E-state index in [4.69, 9.17) is 10.2 Å². The summed E-state index contributed by atoms with van der Waals surface area (Å²) in [7, 11) is 1.96. The average molecular weight is 502 g/mol. The molecule has 8 heteroatoms. The van der Waals surface area contributed by atoms with Gasteiger partial charge in [-0.1, -0.05) is 42.5 Å². The number of nitrogens with one attached hydrogen (secondary N) is 3. The molecule has 0 aliphatic carbocycles. The second kappa shape index (κ2) is 19.4. The van der Waals surface area contributed by atoms with Crippen molar-refractivity contribution in [3.05, 3.63) is 60.2 Å². The van der Waals surface area contributed by atoms with Crippen LogP contribution < -0.4 is 16.0 Å². The fourth-order valence-corrected chi connectivity index (χ4v) is 3.89. The Labute approximate surface area is 215 Å². The van der Waals surface area contributed by atoms with Gasteiger partial charge >= 0.3 is 11.9 Å². The molecule has 2 atom stereocenters. The summed E-state index contributed by atoms with van der Waals surface area (Å²) in [6.07, 6.45) is 12.6. The lowest BCUT2D eigenvalue weighted by Gasteiger charge is -2.22. The van der Waals surface area contributed by atoms with Crippen LogP contribution in [0.4, 0.5) is 0 Å². The molecule has 0 bridgehead atoms. The predicted octanol–water partition coefficient (Wildman–Crippen LogP) is 3.49. The number of aldehydes is 1. The molecule has 0 aromatic heterocycles. The van der Waals surface area contributed by atoms with Gasteiger partial charge in [-0.15, -0.1) is 6.58 Å². The van der Waals surface area contributed by atoms with E-state index in [-0.39, 0.29) is 18.5 Å². The van der Waals surface area contributed by atoms with E-state index in [1.807, 2.05) is 37.4 Å². The van der Waals surface area contributed by atoms with Crippen molar-refractivity contribution in [3.8, 4) is 0 Å². The van der Waals surface area contributed by atoms with Gasteiger partial charge in [-0.05, 0) is 82.8 Å². The second-order valence-corrected chi connectivity index (χ2v) is 8.88. The Morgan fingerprint density at radius 1 is 0.972 bits per heavy atom. The Balaban J connectivity index is 2.50. The topological polar surface area (TPSA) is 128 Å². The SMILES string of the molecule is C=CC(C/C=C/CCCNCCCNC)NC(CC=O)c1ccc(CCCC(C(=O)O)C(=O)O)cc1. The van der Waals surface area contributed by atoms with Crippen LogP contribution in [0.15, 0.2) is 49.1 Å². The Bertz CT molecular complexity index is 796. The first-order valence-corrected chi connectivity index (χ1v) is 12.8. The van der Waals surface area contributed by atoms with Crippen LogP contribution in [0.3, 0.4) is 0 Å². The maximum Gasteiger partial charge on any atom is 0.317 e. The first-order valence-electron chi connectivity index (χ1n) is 12.8. The Morgan fingerprint density at radius 3 is 2.28 bits per heavy atom. The number of allylic oxidation sites excluding steroid dienone is 1. The molecule has 0 spiro atoms. The fraction of sp³-hybridized carbons (Fsp3) is 0.536. The minimum atomic E-state index is -1.37. The van der Waals surface area contributed by atoms with Crippen LogP contribution in [0.25, 0.3) is 0 Å². The lowest BCUT2D eigenvalue weighted by atomic mass is 9.97. The minimum absolute atomic E-state index is 0.0366. The van der Waals surface area contributed by atoms with Crippen LogP contribution in [-0.4, -0.2) is 61.2 Å². The lowest BCUT2D eigenvalue weighted by molar-refractivity contribution is -0.154. The normalized spacial score (nSPS) is 13.1. The van der Waals surface area contributed by atoms with E-state index >= 15 is 0 Å². The number of carboxylic acid groups (broad SMARTS) is 2. The van der Waals surface area contributed by atoms with Crippen LogP contribution in [0.2, 0.25) is 0 Å². The molecule has 5 N–H and O–H groups in total. The van der Waals surface area contributed by atoms with Gasteiger partial charge in [0.25, 0.3) is 0 Å². The Morgan fingerprint density at radius 2 is 1.67 bits per heavy atom. The summed E-state index contributed by atoms with van der Waals surface area (Å²) in [5.41, 5.74) is 1.98. The number of hydrogen-bond donors (Lipinski definition) is 5. The van der Waals surface area contributed by atoms with Crippen molar-refractivity contribution >= 4 is 18.2 Å². The van der Waals surface area contributed by atoms with Crippen molar-refractivity contribution in [2.45, 2.75) is 63.5 Å². The number of aryl methyl sites for hydroxylation is 1. The molecular formula is C28H43N3O5. The number of carbonyl (C=O) groups excluding carboxylic acids is 1. The number of carboxylic acids is 2. The molecule has 8 nitrogen and oxygen atoms in total. The van der Waals surface area contributed by atoms with Crippen LogP contribution in [-0.2, 0) is 20.8 Å². The van der Waals surface area contributed by atoms with Gasteiger partial charge in [0.15, 0.2) is 5.92 Å². The fourth-order valence-electron chi connectivity index (χ4n) is 3.89. The molecule has 200 valence electrons. The minimum Gasteiger partial charge on any atom is -0.481 e. The number of carbonyl (C=O) groups is 3. The largest absolute Gasteiger partial charge is 0.481 e. The van der Waals surface area contributed by atoms with Crippen molar-refractivity contribution in [3.63, 3.8) is 0 Å². The molecule has 0 amide bonds. The first kappa shape index (κ1) is 31.2. The maximum absolute atomic E-state index is 11.3. The molecule has 1 aromatic rings. The number of unbranched alkanes of at least 4 members (excludes halogenated alkanes) is 1. The highest BCUT2D eigenvalue weighted by atomic mass is 16.4. The van der Waals surface area contributed by atoms with Gasteiger partial charge in [0, 0.05) is 18.5 Å². The highest BCUT2D eigenvalue weighted by Crippen LogP contribution is 2.20. The standard InChI is InChI=1S/C28H43N3O5/c1-3-24(11-6-4-5-7-19-30-20-9-18-29-2)31-26(17-21-32)23-15-13-22(14-16-23)10-8-12-25(27(33)34)28(35)36/h3-4,6,13-16,21,24-26,29-31H,1,5,7-12,17-20H2,2H3,(H,33,34)(H,35,36)/b6-4+. The average Bonchev–Trinajstić information content (AvgIpc) is 2.86. The van der Waals surface area contributed by atoms with Crippen molar-refractivity contribution in [1.29, 1.82) is 0 Å². The molecule has 1 aromatic carbocycles. The van der Waals surface area contributed by atoms with Crippen molar-refractivity contribution < 1.29 is 24.6 Å². The van der Waals surface area contributed by atoms with Crippen molar-refractivity contribution in [2.24, 2.45) is 5.92 Å². The van der Waals surface area contributed by atoms with E-state index in [1.54, 1.807) is 0 Å². The summed E-state index contributed by atoms with van der Waals surface area (Å²) in [5.74, 6) is -3.99. The first-order chi connectivity index (χ1) is 17.4. The van der Waals surface area contributed by atoms with E-state index in [9.17, 15) is 14.4 Å². The van der Waals surface area contributed by atoms with Gasteiger partial charge in [-0.3, -0.25) is 9.59 Å². The summed E-state index contributed by atoms with van der Waals surface area (Å²) in [4.78, 5) is 33.3. The summed E-state index contributed by atoms with van der Waals surface area (Å²) < 4.78 is 0. The third kappa shape index (κ3) is 13.3. The summed E-state index contributed by atoms with van der Waals surface area (Å²) in [6, 6.07) is 7.71. The number of aliphatic carboxylic acids is 2. The van der Waals surface area contributed by atoms with Crippen LogP contribution in [0.1, 0.15) is 62.1 Å². The van der Waals surface area contributed by atoms with Gasteiger partial charge in [0.05, 0.1) is 0 Å². The third-order valence-electron chi connectivity index (χ3n) is 6.03. The summed E-state index contributed by atoms with van der Waals surface area (Å²) in [6.45, 7) is 7.00. The Hall–Kier alpha value is -2.81. The van der Waals surface area contributed by atoms with E-state index in [2.05, 4.69) is 34.7 Å². The molecule has 2 unspecified atom stereocenters. The predicted molar refractivity (Wildman–Crippen MR) is 143 cm³/mol. The van der Waals surface area contributed by atoms with Gasteiger partial charge in [-0.2, -0.15) is 0 Å². The molecule has 0 saturated carbocycles.